The van der Waals surface area contributed by atoms with Crippen LogP contribution in [-0.2, 0) is 9.46 Å². The molecule has 0 radical (unpaired) electrons. The van der Waals surface area contributed by atoms with Crippen LogP contribution in [0.15, 0.2) is 30.3 Å². The molecule has 1 aromatic rings. The van der Waals surface area contributed by atoms with E-state index < -0.39 is 15.2 Å². The lowest BCUT2D eigenvalue weighted by Crippen LogP contribution is -2.39. The Morgan fingerprint density at radius 3 is 2.13 bits per heavy atom. The third-order valence-electron chi connectivity index (χ3n) is 1.57. The zero-order valence-corrected chi connectivity index (χ0v) is 10.7. The summed E-state index contributed by atoms with van der Waals surface area (Å²) in [4.78, 5) is 30.2. The van der Waals surface area contributed by atoms with E-state index in [4.69, 9.17) is 14.4 Å². The molecule has 0 spiro atoms. The van der Waals surface area contributed by atoms with Gasteiger partial charge in [0.25, 0.3) is 0 Å². The van der Waals surface area contributed by atoms with Gasteiger partial charge in [-0.1, -0.05) is 30.3 Å². The van der Waals surface area contributed by atoms with Gasteiger partial charge in [-0.05, 0) is 12.5 Å². The normalized spacial score (nSPS) is 13.1. The number of hydrogen-bond donors (Lipinski definition) is 3. The maximum atomic E-state index is 8.52. The molecule has 0 saturated heterocycles. The lowest BCUT2D eigenvalue weighted by molar-refractivity contribution is -0.291. The molecule has 0 aliphatic rings. The van der Waals surface area contributed by atoms with Crippen molar-refractivity contribution in [2.45, 2.75) is 13.0 Å². The van der Waals surface area contributed by atoms with E-state index in [9.17, 15) is 0 Å². The topological polar surface area (TPSA) is 79.2 Å². The quantitative estimate of drug-likeness (QED) is 0.307. The fourth-order valence-corrected chi connectivity index (χ4v) is 1.19. The molecule has 2 unspecified atom stereocenters. The van der Waals surface area contributed by atoms with Crippen molar-refractivity contribution in [2.75, 3.05) is 0 Å². The van der Waals surface area contributed by atoms with Gasteiger partial charge >= 0.3 is 9.05 Å². The van der Waals surface area contributed by atoms with Crippen LogP contribution in [0.2, 0.25) is 0 Å². The van der Waals surface area contributed by atoms with E-state index in [1.165, 1.54) is 0 Å². The van der Waals surface area contributed by atoms with Gasteiger partial charge in [0.1, 0.15) is 6.10 Å². The SMILES string of the molecule is CC(OO[Si](O)(O)O)c1ccccc1.P. The van der Waals surface area contributed by atoms with Crippen LogP contribution in [0.5, 0.6) is 0 Å². The number of rotatable bonds is 4. The predicted molar refractivity (Wildman–Crippen MR) is 60.5 cm³/mol. The second-order valence-corrected chi connectivity index (χ2v) is 4.12. The molecule has 3 N–H and O–H groups in total. The third kappa shape index (κ3) is 5.96. The van der Waals surface area contributed by atoms with E-state index >= 15 is 0 Å². The van der Waals surface area contributed by atoms with E-state index in [-0.39, 0.29) is 9.90 Å². The first-order valence-electron chi connectivity index (χ1n) is 4.05. The van der Waals surface area contributed by atoms with Crippen molar-refractivity contribution in [3.05, 3.63) is 35.9 Å². The highest BCUT2D eigenvalue weighted by Gasteiger charge is 2.33. The van der Waals surface area contributed by atoms with Crippen LogP contribution in [0.4, 0.5) is 0 Å². The Morgan fingerprint density at radius 2 is 1.67 bits per heavy atom. The van der Waals surface area contributed by atoms with Crippen LogP contribution in [0.1, 0.15) is 18.6 Å². The summed E-state index contributed by atoms with van der Waals surface area (Å²) >= 11 is 0. The fourth-order valence-electron chi connectivity index (χ4n) is 0.916. The summed E-state index contributed by atoms with van der Waals surface area (Å²) < 4.78 is 4.05. The molecule has 7 heteroatoms. The Labute approximate surface area is 92.3 Å². The van der Waals surface area contributed by atoms with E-state index in [2.05, 4.69) is 9.46 Å². The molecule has 0 aliphatic carbocycles. The average Bonchev–Trinajstić information content (AvgIpc) is 2.14. The van der Waals surface area contributed by atoms with Crippen molar-refractivity contribution in [3.8, 4) is 0 Å². The maximum absolute atomic E-state index is 8.52. The molecular formula is C8H15O5PSi. The van der Waals surface area contributed by atoms with E-state index in [0.717, 1.165) is 5.56 Å². The zero-order chi connectivity index (χ0) is 10.6. The van der Waals surface area contributed by atoms with Crippen molar-refractivity contribution in [2.24, 2.45) is 0 Å². The van der Waals surface area contributed by atoms with E-state index in [1.807, 2.05) is 18.2 Å². The maximum Gasteiger partial charge on any atom is 0.699 e. The molecule has 0 bridgehead atoms. The lowest BCUT2D eigenvalue weighted by atomic mass is 10.1. The van der Waals surface area contributed by atoms with Crippen molar-refractivity contribution in [1.82, 2.24) is 0 Å². The Hall–Kier alpha value is -0.333. The van der Waals surface area contributed by atoms with E-state index in [1.54, 1.807) is 19.1 Å². The van der Waals surface area contributed by atoms with Crippen LogP contribution >= 0.6 is 9.90 Å². The number of hydrogen-bond acceptors (Lipinski definition) is 5. The Balaban J connectivity index is 0.00000196. The van der Waals surface area contributed by atoms with E-state index in [0.29, 0.717) is 0 Å². The highest BCUT2D eigenvalue weighted by molar-refractivity contribution is 6.92. The van der Waals surface area contributed by atoms with Gasteiger partial charge in [0, 0.05) is 0 Å². The fraction of sp³-hybridized carbons (Fsp3) is 0.250. The third-order valence-corrected chi connectivity index (χ3v) is 1.89. The molecule has 0 aliphatic heterocycles. The van der Waals surface area contributed by atoms with Gasteiger partial charge in [-0.2, -0.15) is 14.5 Å². The minimum atomic E-state index is -4.58. The van der Waals surface area contributed by atoms with Gasteiger partial charge in [0.2, 0.25) is 0 Å². The van der Waals surface area contributed by atoms with Gasteiger partial charge in [-0.25, -0.2) is 4.89 Å². The minimum Gasteiger partial charge on any atom is -0.366 e. The second kappa shape index (κ2) is 6.29. The second-order valence-electron chi connectivity index (χ2n) is 2.81. The smallest absolute Gasteiger partial charge is 0.366 e. The molecule has 0 saturated carbocycles. The summed E-state index contributed by atoms with van der Waals surface area (Å²) in [5.74, 6) is 0. The summed E-state index contributed by atoms with van der Waals surface area (Å²) in [5, 5.41) is 0. The van der Waals surface area contributed by atoms with Crippen LogP contribution in [0.3, 0.4) is 0 Å². The molecule has 0 heterocycles. The van der Waals surface area contributed by atoms with Gasteiger partial charge in [0.15, 0.2) is 0 Å². The van der Waals surface area contributed by atoms with Crippen molar-refractivity contribution in [1.29, 1.82) is 0 Å². The molecule has 0 amide bonds. The van der Waals surface area contributed by atoms with Crippen molar-refractivity contribution in [3.63, 3.8) is 0 Å². The molecule has 0 aromatic heterocycles. The molecule has 1 rings (SSSR count). The summed E-state index contributed by atoms with van der Waals surface area (Å²) in [6.45, 7) is 1.66. The monoisotopic (exact) mass is 250 g/mol. The van der Waals surface area contributed by atoms with Crippen LogP contribution in [0, 0.1) is 0 Å². The van der Waals surface area contributed by atoms with Crippen molar-refractivity contribution >= 4 is 18.9 Å². The summed E-state index contributed by atoms with van der Waals surface area (Å²) in [6.07, 6.45) is -0.477. The summed E-state index contributed by atoms with van der Waals surface area (Å²) in [6, 6.07) is 9.07. The molecule has 1 aromatic carbocycles. The largest absolute Gasteiger partial charge is 0.699 e. The minimum absolute atomic E-state index is 0. The molecule has 0 fully saturated rings. The molecule has 15 heavy (non-hydrogen) atoms. The average molecular weight is 250 g/mol. The van der Waals surface area contributed by atoms with Gasteiger partial charge < -0.3 is 14.4 Å². The Morgan fingerprint density at radius 1 is 1.13 bits per heavy atom. The predicted octanol–water partition coefficient (Wildman–Crippen LogP) is 0.166. The van der Waals surface area contributed by atoms with Gasteiger partial charge in [-0.3, -0.25) is 0 Å². The zero-order valence-electron chi connectivity index (χ0n) is 8.33. The van der Waals surface area contributed by atoms with Crippen LogP contribution in [0.25, 0.3) is 0 Å². The molecular weight excluding hydrogens is 235 g/mol. The van der Waals surface area contributed by atoms with Crippen LogP contribution in [-0.4, -0.2) is 23.4 Å². The summed E-state index contributed by atoms with van der Waals surface area (Å²) in [7, 11) is -4.58. The first kappa shape index (κ1) is 14.7. The first-order chi connectivity index (χ1) is 6.49. The molecule has 86 valence electrons. The molecule has 5 nitrogen and oxygen atoms in total. The summed E-state index contributed by atoms with van der Waals surface area (Å²) in [5.41, 5.74) is 0.811. The lowest BCUT2D eigenvalue weighted by Gasteiger charge is -2.14. The Bertz CT molecular complexity index is 276. The highest BCUT2D eigenvalue weighted by Crippen LogP contribution is 2.16. The standard InChI is InChI=1S/C8H12O5Si.H3P/c1-7(12-13-14(9,10)11)8-5-3-2-4-6-8;/h2-7,9-11H,1H3;1H3. The molecule has 2 atom stereocenters. The van der Waals surface area contributed by atoms with Crippen LogP contribution < -0.4 is 0 Å². The Kier molecular flexibility index (Phi) is 6.15. The highest BCUT2D eigenvalue weighted by atomic mass is 31.0. The van der Waals surface area contributed by atoms with Gasteiger partial charge in [-0.15, -0.1) is 0 Å². The first-order valence-corrected chi connectivity index (χ1v) is 5.80. The number of benzene rings is 1. The van der Waals surface area contributed by atoms with Gasteiger partial charge in [0.05, 0.1) is 0 Å². The van der Waals surface area contributed by atoms with Crippen molar-refractivity contribution < 1.29 is 23.9 Å².